The summed E-state index contributed by atoms with van der Waals surface area (Å²) in [5, 5.41) is 8.06. The van der Waals surface area contributed by atoms with Gasteiger partial charge >= 0.3 is 6.03 Å². The zero-order valence-corrected chi connectivity index (χ0v) is 14.6. The number of nitrogens with zero attached hydrogens (tertiary/aromatic N) is 1. The molecule has 26 heavy (non-hydrogen) atoms. The normalized spacial score (nSPS) is 12.8. The Labute approximate surface area is 151 Å². The van der Waals surface area contributed by atoms with E-state index in [2.05, 4.69) is 16.0 Å². The predicted molar refractivity (Wildman–Crippen MR) is 100 cm³/mol. The second kappa shape index (κ2) is 7.26. The molecule has 0 radical (unpaired) electrons. The van der Waals surface area contributed by atoms with Gasteiger partial charge in [-0.05, 0) is 43.2 Å². The number of urea groups is 1. The average Bonchev–Trinajstić information content (AvgIpc) is 2.62. The molecule has 2 aromatic rings. The molecule has 0 saturated carbocycles. The molecule has 0 bridgehead atoms. The maximum absolute atomic E-state index is 12.4. The van der Waals surface area contributed by atoms with E-state index in [1.807, 2.05) is 32.0 Å². The van der Waals surface area contributed by atoms with Gasteiger partial charge in [0.1, 0.15) is 6.54 Å². The fourth-order valence-corrected chi connectivity index (χ4v) is 2.75. The Kier molecular flexibility index (Phi) is 4.88. The Bertz CT molecular complexity index is 879. The quantitative estimate of drug-likeness (QED) is 0.792. The van der Waals surface area contributed by atoms with E-state index in [1.54, 1.807) is 24.3 Å². The largest absolute Gasteiger partial charge is 0.329 e. The number of para-hydroxylation sites is 2. The lowest BCUT2D eigenvalue weighted by molar-refractivity contribution is -0.115. The molecule has 7 nitrogen and oxygen atoms in total. The highest BCUT2D eigenvalue weighted by Gasteiger charge is 2.26. The van der Waals surface area contributed by atoms with Crippen LogP contribution in [0.25, 0.3) is 0 Å². The molecule has 7 heteroatoms. The SMILES string of the molecule is Cc1cccc(NC(=O)CNC(=O)N2CC(=O)Nc3ccccc32)c1C. The van der Waals surface area contributed by atoms with Crippen molar-refractivity contribution in [3.8, 4) is 0 Å². The van der Waals surface area contributed by atoms with Gasteiger partial charge in [-0.3, -0.25) is 14.5 Å². The molecule has 3 N–H and O–H groups in total. The van der Waals surface area contributed by atoms with Crippen LogP contribution < -0.4 is 20.9 Å². The van der Waals surface area contributed by atoms with E-state index < -0.39 is 6.03 Å². The van der Waals surface area contributed by atoms with Gasteiger partial charge in [0.05, 0.1) is 17.9 Å². The van der Waals surface area contributed by atoms with E-state index in [4.69, 9.17) is 0 Å². The van der Waals surface area contributed by atoms with Gasteiger partial charge in [0.2, 0.25) is 11.8 Å². The van der Waals surface area contributed by atoms with Crippen molar-refractivity contribution in [2.75, 3.05) is 28.6 Å². The van der Waals surface area contributed by atoms with Gasteiger partial charge in [-0.15, -0.1) is 0 Å². The molecule has 1 aliphatic heterocycles. The van der Waals surface area contributed by atoms with Crippen LogP contribution in [0.3, 0.4) is 0 Å². The van der Waals surface area contributed by atoms with Crippen LogP contribution in [0.4, 0.5) is 21.9 Å². The summed E-state index contributed by atoms with van der Waals surface area (Å²) in [4.78, 5) is 37.7. The number of aryl methyl sites for hydroxylation is 1. The topological polar surface area (TPSA) is 90.5 Å². The second-order valence-electron chi connectivity index (χ2n) is 6.11. The molecule has 0 spiro atoms. The van der Waals surface area contributed by atoms with Crippen LogP contribution in [0.15, 0.2) is 42.5 Å². The minimum atomic E-state index is -0.497. The summed E-state index contributed by atoms with van der Waals surface area (Å²) in [5.41, 5.74) is 3.93. The lowest BCUT2D eigenvalue weighted by atomic mass is 10.1. The number of nitrogens with one attached hydrogen (secondary N) is 3. The minimum absolute atomic E-state index is 0.0958. The fraction of sp³-hybridized carbons (Fsp3) is 0.211. The molecule has 1 aliphatic rings. The third kappa shape index (κ3) is 3.66. The van der Waals surface area contributed by atoms with Gasteiger partial charge in [-0.2, -0.15) is 0 Å². The number of hydrogen-bond donors (Lipinski definition) is 3. The van der Waals surface area contributed by atoms with Gasteiger partial charge in [0, 0.05) is 5.69 Å². The second-order valence-corrected chi connectivity index (χ2v) is 6.11. The first-order valence-electron chi connectivity index (χ1n) is 8.26. The van der Waals surface area contributed by atoms with Crippen molar-refractivity contribution in [1.82, 2.24) is 5.32 Å². The van der Waals surface area contributed by atoms with Crippen molar-refractivity contribution in [2.45, 2.75) is 13.8 Å². The first-order valence-corrected chi connectivity index (χ1v) is 8.26. The van der Waals surface area contributed by atoms with Gasteiger partial charge in [-0.25, -0.2) is 4.79 Å². The Morgan fingerprint density at radius 2 is 1.88 bits per heavy atom. The van der Waals surface area contributed by atoms with E-state index in [0.717, 1.165) is 11.1 Å². The van der Waals surface area contributed by atoms with Crippen LogP contribution in [0.1, 0.15) is 11.1 Å². The predicted octanol–water partition coefficient (Wildman–Crippen LogP) is 2.41. The molecule has 4 amide bonds. The van der Waals surface area contributed by atoms with Crippen LogP contribution in [0, 0.1) is 13.8 Å². The number of fused-ring (bicyclic) bond motifs is 1. The third-order valence-corrected chi connectivity index (χ3v) is 4.29. The van der Waals surface area contributed by atoms with Crippen molar-refractivity contribution in [1.29, 1.82) is 0 Å². The molecule has 0 saturated heterocycles. The lowest BCUT2D eigenvalue weighted by Gasteiger charge is -2.29. The number of rotatable bonds is 3. The number of carbonyl (C=O) groups excluding carboxylic acids is 3. The fourth-order valence-electron chi connectivity index (χ4n) is 2.75. The van der Waals surface area contributed by atoms with Gasteiger partial charge in [0.15, 0.2) is 0 Å². The molecule has 0 atom stereocenters. The Morgan fingerprint density at radius 3 is 2.69 bits per heavy atom. The van der Waals surface area contributed by atoms with Gasteiger partial charge in [-0.1, -0.05) is 24.3 Å². The zero-order valence-electron chi connectivity index (χ0n) is 14.6. The average molecular weight is 352 g/mol. The molecule has 134 valence electrons. The Hall–Kier alpha value is -3.35. The summed E-state index contributed by atoms with van der Waals surface area (Å²) in [5.74, 6) is -0.611. The summed E-state index contributed by atoms with van der Waals surface area (Å²) >= 11 is 0. The van der Waals surface area contributed by atoms with Crippen LogP contribution in [0.2, 0.25) is 0 Å². The van der Waals surface area contributed by atoms with Crippen LogP contribution >= 0.6 is 0 Å². The molecule has 0 aromatic heterocycles. The van der Waals surface area contributed by atoms with Gasteiger partial charge < -0.3 is 16.0 Å². The highest BCUT2D eigenvalue weighted by molar-refractivity contribution is 6.10. The molecular formula is C19H20N4O3. The minimum Gasteiger partial charge on any atom is -0.329 e. The van der Waals surface area contributed by atoms with E-state index >= 15 is 0 Å². The highest BCUT2D eigenvalue weighted by Crippen LogP contribution is 2.28. The van der Waals surface area contributed by atoms with Crippen LogP contribution in [-0.4, -0.2) is 30.9 Å². The Balaban J connectivity index is 1.63. The monoisotopic (exact) mass is 352 g/mol. The number of carbonyl (C=O) groups is 3. The molecule has 0 aliphatic carbocycles. The van der Waals surface area contributed by atoms with Crippen LogP contribution in [0.5, 0.6) is 0 Å². The summed E-state index contributed by atoms with van der Waals surface area (Å²) in [6.45, 7) is 3.60. The summed E-state index contributed by atoms with van der Waals surface area (Å²) in [6.07, 6.45) is 0. The van der Waals surface area contributed by atoms with Crippen molar-refractivity contribution < 1.29 is 14.4 Å². The standard InChI is InChI=1S/C19H20N4O3/c1-12-6-5-8-14(13(12)2)21-17(24)10-20-19(26)23-11-18(25)22-15-7-3-4-9-16(15)23/h3-9H,10-11H2,1-2H3,(H,20,26)(H,21,24)(H,22,25). The van der Waals surface area contributed by atoms with Crippen molar-refractivity contribution in [3.05, 3.63) is 53.6 Å². The number of benzene rings is 2. The smallest absolute Gasteiger partial charge is 0.322 e. The third-order valence-electron chi connectivity index (χ3n) is 4.29. The Morgan fingerprint density at radius 1 is 1.12 bits per heavy atom. The molecule has 1 heterocycles. The van der Waals surface area contributed by atoms with Crippen LogP contribution in [-0.2, 0) is 9.59 Å². The van der Waals surface area contributed by atoms with E-state index in [9.17, 15) is 14.4 Å². The molecular weight excluding hydrogens is 332 g/mol. The zero-order chi connectivity index (χ0) is 18.7. The summed E-state index contributed by atoms with van der Waals surface area (Å²) in [6, 6.07) is 12.2. The molecule has 3 rings (SSSR count). The van der Waals surface area contributed by atoms with Crippen molar-refractivity contribution in [2.24, 2.45) is 0 Å². The lowest BCUT2D eigenvalue weighted by Crippen LogP contribution is -2.48. The molecule has 2 aromatic carbocycles. The van der Waals surface area contributed by atoms with Crippen molar-refractivity contribution in [3.63, 3.8) is 0 Å². The number of anilines is 3. The maximum Gasteiger partial charge on any atom is 0.322 e. The maximum atomic E-state index is 12.4. The summed E-state index contributed by atoms with van der Waals surface area (Å²) < 4.78 is 0. The summed E-state index contributed by atoms with van der Waals surface area (Å²) in [7, 11) is 0. The van der Waals surface area contributed by atoms with Gasteiger partial charge in [0.25, 0.3) is 0 Å². The first kappa shape index (κ1) is 17.5. The van der Waals surface area contributed by atoms with Crippen molar-refractivity contribution >= 4 is 34.9 Å². The number of hydrogen-bond acceptors (Lipinski definition) is 3. The van der Waals surface area contributed by atoms with E-state index in [1.165, 1.54) is 4.90 Å². The first-order chi connectivity index (χ1) is 12.5. The highest BCUT2D eigenvalue weighted by atomic mass is 16.2. The number of amides is 4. The van der Waals surface area contributed by atoms with E-state index in [-0.39, 0.29) is 24.9 Å². The molecule has 0 unspecified atom stereocenters. The molecule has 0 fully saturated rings. The van der Waals surface area contributed by atoms with E-state index in [0.29, 0.717) is 17.1 Å².